The van der Waals surface area contributed by atoms with Gasteiger partial charge >= 0.3 is 0 Å². The zero-order valence-corrected chi connectivity index (χ0v) is 16.5. The first-order valence-electron chi connectivity index (χ1n) is 8.51. The summed E-state index contributed by atoms with van der Waals surface area (Å²) in [5, 5.41) is 0.672. The van der Waals surface area contributed by atoms with Crippen LogP contribution in [0.1, 0.15) is 43.1 Å². The third-order valence-electron chi connectivity index (χ3n) is 4.96. The summed E-state index contributed by atoms with van der Waals surface area (Å²) >= 11 is 3.64. The predicted molar refractivity (Wildman–Crippen MR) is 106 cm³/mol. The largest absolute Gasteiger partial charge is 0.484 e. The number of Topliss-reactive ketones (excluding diaryl/α,β-unsaturated/α-hetero) is 1. The smallest absolute Gasteiger partial charge is 0.192 e. The number of carbonyl (C=O) groups excluding carboxylic acids is 1. The molecule has 0 saturated heterocycles. The number of rotatable bonds is 4. The molecule has 2 aromatic rings. The monoisotopic (exact) mass is 398 g/mol. The van der Waals surface area contributed by atoms with Crippen LogP contribution in [-0.4, -0.2) is 16.7 Å². The van der Waals surface area contributed by atoms with Gasteiger partial charge < -0.3 is 4.74 Å². The van der Waals surface area contributed by atoms with E-state index in [1.807, 2.05) is 60.7 Å². The highest BCUT2D eigenvalue weighted by molar-refractivity contribution is 9.09. The van der Waals surface area contributed by atoms with Gasteiger partial charge in [-0.1, -0.05) is 97.4 Å². The van der Waals surface area contributed by atoms with Gasteiger partial charge in [-0.2, -0.15) is 0 Å². The van der Waals surface area contributed by atoms with Crippen LogP contribution in [0.2, 0.25) is 0 Å². The summed E-state index contributed by atoms with van der Waals surface area (Å²) in [6.07, 6.45) is 0.597. The Balaban J connectivity index is 2.10. The summed E-state index contributed by atoms with van der Waals surface area (Å²) < 4.78 is 6.52. The fourth-order valence-corrected chi connectivity index (χ4v) is 4.28. The van der Waals surface area contributed by atoms with Crippen molar-refractivity contribution in [2.45, 2.75) is 32.8 Å². The van der Waals surface area contributed by atoms with Crippen LogP contribution in [-0.2, 0) is 4.74 Å². The van der Waals surface area contributed by atoms with Crippen molar-refractivity contribution in [2.24, 2.45) is 5.41 Å². The van der Waals surface area contributed by atoms with Crippen molar-refractivity contribution in [3.63, 3.8) is 0 Å². The molecule has 3 heteroatoms. The van der Waals surface area contributed by atoms with Gasteiger partial charge in [-0.3, -0.25) is 4.79 Å². The molecule has 0 unspecified atom stereocenters. The first-order valence-corrected chi connectivity index (χ1v) is 9.63. The lowest BCUT2D eigenvalue weighted by Gasteiger charge is -2.40. The van der Waals surface area contributed by atoms with Crippen molar-refractivity contribution < 1.29 is 9.53 Å². The van der Waals surface area contributed by atoms with Gasteiger partial charge in [0.25, 0.3) is 0 Å². The van der Waals surface area contributed by atoms with E-state index in [0.717, 1.165) is 11.1 Å². The molecule has 0 N–H and O–H groups in total. The van der Waals surface area contributed by atoms with Gasteiger partial charge in [0.2, 0.25) is 0 Å². The molecular formula is C22H23BrO2. The van der Waals surface area contributed by atoms with E-state index in [1.54, 1.807) is 0 Å². The minimum absolute atomic E-state index is 0.0477. The summed E-state index contributed by atoms with van der Waals surface area (Å²) in [5.41, 5.74) is 1.85. The lowest BCUT2D eigenvalue weighted by molar-refractivity contribution is -0.0176. The second-order valence-corrected chi connectivity index (χ2v) is 8.09. The molecule has 0 saturated carbocycles. The van der Waals surface area contributed by atoms with Crippen molar-refractivity contribution in [1.29, 1.82) is 0 Å². The molecule has 0 bridgehead atoms. The van der Waals surface area contributed by atoms with Crippen LogP contribution >= 0.6 is 15.9 Å². The van der Waals surface area contributed by atoms with Crippen molar-refractivity contribution in [3.05, 3.63) is 77.4 Å². The maximum absolute atomic E-state index is 13.2. The van der Waals surface area contributed by atoms with Crippen LogP contribution in [0.5, 0.6) is 0 Å². The molecule has 2 aromatic carbocycles. The first kappa shape index (κ1) is 17.9. The number of hydrogen-bond donors (Lipinski definition) is 0. The Morgan fingerprint density at radius 2 is 1.60 bits per heavy atom. The second kappa shape index (κ2) is 6.80. The lowest BCUT2D eigenvalue weighted by Crippen LogP contribution is -2.44. The molecule has 0 aromatic heterocycles. The topological polar surface area (TPSA) is 26.3 Å². The van der Waals surface area contributed by atoms with Gasteiger partial charge in [-0.05, 0) is 0 Å². The molecule has 0 aliphatic carbocycles. The number of ether oxygens (including phenoxy) is 1. The normalized spacial score (nSPS) is 20.5. The van der Waals surface area contributed by atoms with Gasteiger partial charge in [-0.15, -0.1) is 0 Å². The molecule has 25 heavy (non-hydrogen) atoms. The minimum Gasteiger partial charge on any atom is -0.484 e. The maximum atomic E-state index is 13.2. The van der Waals surface area contributed by atoms with E-state index in [9.17, 15) is 4.79 Å². The third-order valence-corrected chi connectivity index (χ3v) is 5.87. The Kier molecular flexibility index (Phi) is 4.88. The van der Waals surface area contributed by atoms with Crippen LogP contribution in [0.4, 0.5) is 0 Å². The number of benzene rings is 2. The zero-order valence-electron chi connectivity index (χ0n) is 14.9. The van der Waals surface area contributed by atoms with Crippen LogP contribution in [0.15, 0.2) is 66.2 Å². The fourth-order valence-electron chi connectivity index (χ4n) is 3.12. The minimum atomic E-state index is -0.446. The summed E-state index contributed by atoms with van der Waals surface area (Å²) in [5.74, 6) is 0.760. The summed E-state index contributed by atoms with van der Waals surface area (Å²) in [6, 6.07) is 19.4. The van der Waals surface area contributed by atoms with E-state index in [1.165, 1.54) is 0 Å². The molecule has 3 rings (SSSR count). The molecular weight excluding hydrogens is 376 g/mol. The average molecular weight is 399 g/mol. The molecule has 1 aliphatic heterocycles. The van der Waals surface area contributed by atoms with Gasteiger partial charge in [0.1, 0.15) is 11.4 Å². The summed E-state index contributed by atoms with van der Waals surface area (Å²) in [6.45, 7) is 6.48. The average Bonchev–Trinajstić information content (AvgIpc) is 3.04. The highest BCUT2D eigenvalue weighted by Crippen LogP contribution is 2.50. The Bertz CT molecular complexity index is 788. The molecule has 1 atom stereocenters. The highest BCUT2D eigenvalue weighted by atomic mass is 79.9. The molecule has 0 radical (unpaired) electrons. The number of ketones is 1. The summed E-state index contributed by atoms with van der Waals surface area (Å²) in [7, 11) is 0. The van der Waals surface area contributed by atoms with Gasteiger partial charge in [-0.25, -0.2) is 0 Å². The van der Waals surface area contributed by atoms with Gasteiger partial charge in [0, 0.05) is 33.9 Å². The van der Waals surface area contributed by atoms with Crippen LogP contribution in [0.3, 0.4) is 0 Å². The molecule has 2 nitrogen and oxygen atoms in total. The van der Waals surface area contributed by atoms with Crippen molar-refractivity contribution >= 4 is 27.5 Å². The summed E-state index contributed by atoms with van der Waals surface area (Å²) in [4.78, 5) is 13.2. The predicted octanol–water partition coefficient (Wildman–Crippen LogP) is 5.88. The first-order chi connectivity index (χ1) is 11.9. The van der Waals surface area contributed by atoms with E-state index in [4.69, 9.17) is 4.74 Å². The van der Waals surface area contributed by atoms with E-state index in [2.05, 4.69) is 36.7 Å². The Morgan fingerprint density at radius 3 is 2.12 bits per heavy atom. The maximum Gasteiger partial charge on any atom is 0.192 e. The van der Waals surface area contributed by atoms with Gasteiger partial charge in [0.15, 0.2) is 5.78 Å². The van der Waals surface area contributed by atoms with Crippen LogP contribution < -0.4 is 0 Å². The number of halogens is 1. The van der Waals surface area contributed by atoms with Crippen molar-refractivity contribution in [2.75, 3.05) is 5.33 Å². The van der Waals surface area contributed by atoms with E-state index >= 15 is 0 Å². The molecule has 1 heterocycles. The molecule has 0 fully saturated rings. The Hall–Kier alpha value is -1.87. The van der Waals surface area contributed by atoms with Crippen LogP contribution in [0, 0.1) is 5.41 Å². The lowest BCUT2D eigenvalue weighted by atomic mass is 9.74. The number of carbonyl (C=O) groups is 1. The fraction of sp³-hybridized carbons (Fsp3) is 0.318. The SMILES string of the molecule is CC(C)(C)[C@]1(CBr)CC(C(=O)c2ccccc2)=C(c2ccccc2)O1. The number of hydrogen-bond acceptors (Lipinski definition) is 2. The zero-order chi connectivity index (χ0) is 18.1. The second-order valence-electron chi connectivity index (χ2n) is 7.53. The van der Waals surface area contributed by atoms with Crippen molar-refractivity contribution in [3.8, 4) is 0 Å². The Labute approximate surface area is 158 Å². The number of alkyl halides is 1. The highest BCUT2D eigenvalue weighted by Gasteiger charge is 2.50. The van der Waals surface area contributed by atoms with Gasteiger partial charge in [0.05, 0.1) is 0 Å². The molecule has 130 valence electrons. The quantitative estimate of drug-likeness (QED) is 0.474. The van der Waals surface area contributed by atoms with Crippen molar-refractivity contribution in [1.82, 2.24) is 0 Å². The molecule has 1 aliphatic rings. The van der Waals surface area contributed by atoms with E-state index < -0.39 is 5.60 Å². The van der Waals surface area contributed by atoms with E-state index in [0.29, 0.717) is 23.1 Å². The standard InChI is InChI=1S/C22H23BrO2/c1-21(2,3)22(15-23)14-18(19(24)16-10-6-4-7-11-16)20(25-22)17-12-8-5-9-13-17/h4-13H,14-15H2,1-3H3/t22-/m1/s1. The third kappa shape index (κ3) is 3.30. The van der Waals surface area contributed by atoms with Crippen LogP contribution in [0.25, 0.3) is 5.76 Å². The molecule has 0 spiro atoms. The van der Waals surface area contributed by atoms with E-state index in [-0.39, 0.29) is 11.2 Å². The Morgan fingerprint density at radius 1 is 1.04 bits per heavy atom. The molecule has 0 amide bonds.